The number of alkyl halides is 3. The molecule has 0 bridgehead atoms. The Kier molecular flexibility index (Phi) is 7.78. The lowest BCUT2D eigenvalue weighted by Gasteiger charge is -2.29. The molecule has 3 heterocycles. The summed E-state index contributed by atoms with van der Waals surface area (Å²) in [7, 11) is 0. The maximum atomic E-state index is 13.7. The van der Waals surface area contributed by atoms with Crippen LogP contribution in [0.2, 0.25) is 0 Å². The summed E-state index contributed by atoms with van der Waals surface area (Å²) in [6.45, 7) is 4.92. The number of pyridine rings is 1. The van der Waals surface area contributed by atoms with E-state index in [2.05, 4.69) is 20.6 Å². The number of amides is 2. The molecule has 0 saturated carbocycles. The Morgan fingerprint density at radius 3 is 2.37 bits per heavy atom. The lowest BCUT2D eigenvalue weighted by atomic mass is 10.0. The SMILES string of the molecule is Cc1ccccc1NC(=O)c1ccc(-c2ccc(NC(=O)c3oc(N4CCCC(C)C4)nc3C(F)(F)F)cc2)cn1. The van der Waals surface area contributed by atoms with Gasteiger partial charge in [-0.15, -0.1) is 0 Å². The number of nitrogens with zero attached hydrogens (tertiary/aromatic N) is 3. The minimum atomic E-state index is -4.85. The number of para-hydroxylation sites is 1. The zero-order valence-corrected chi connectivity index (χ0v) is 22.5. The highest BCUT2D eigenvalue weighted by atomic mass is 19.4. The summed E-state index contributed by atoms with van der Waals surface area (Å²) >= 11 is 0. The number of aryl methyl sites for hydroxylation is 1. The number of benzene rings is 2. The first-order valence-electron chi connectivity index (χ1n) is 13.2. The molecule has 2 amide bonds. The van der Waals surface area contributed by atoms with Gasteiger partial charge in [0.25, 0.3) is 17.8 Å². The number of nitrogens with one attached hydrogen (secondary N) is 2. The smallest absolute Gasteiger partial charge is 0.417 e. The van der Waals surface area contributed by atoms with Crippen LogP contribution in [0, 0.1) is 12.8 Å². The van der Waals surface area contributed by atoms with E-state index in [1.807, 2.05) is 38.1 Å². The van der Waals surface area contributed by atoms with Crippen LogP contribution in [-0.4, -0.2) is 34.9 Å². The van der Waals surface area contributed by atoms with Crippen LogP contribution in [-0.2, 0) is 6.18 Å². The number of rotatable bonds is 6. The highest BCUT2D eigenvalue weighted by molar-refractivity contribution is 6.04. The van der Waals surface area contributed by atoms with E-state index >= 15 is 0 Å². The van der Waals surface area contributed by atoms with Crippen molar-refractivity contribution < 1.29 is 27.2 Å². The van der Waals surface area contributed by atoms with Crippen molar-refractivity contribution in [1.82, 2.24) is 9.97 Å². The highest BCUT2D eigenvalue weighted by Gasteiger charge is 2.42. The average molecular weight is 564 g/mol. The fraction of sp³-hybridized carbons (Fsp3) is 0.267. The molecule has 2 aromatic carbocycles. The van der Waals surface area contributed by atoms with Crippen molar-refractivity contribution in [2.75, 3.05) is 28.6 Å². The van der Waals surface area contributed by atoms with Crippen molar-refractivity contribution in [3.63, 3.8) is 0 Å². The van der Waals surface area contributed by atoms with Crippen LogP contribution in [0.4, 0.5) is 30.6 Å². The van der Waals surface area contributed by atoms with Gasteiger partial charge >= 0.3 is 6.18 Å². The third-order valence-corrected chi connectivity index (χ3v) is 6.88. The topological polar surface area (TPSA) is 100 Å². The highest BCUT2D eigenvalue weighted by Crippen LogP contribution is 2.35. The van der Waals surface area contributed by atoms with Crippen LogP contribution in [0.3, 0.4) is 0 Å². The van der Waals surface area contributed by atoms with Gasteiger partial charge in [0.1, 0.15) is 5.69 Å². The van der Waals surface area contributed by atoms with Crippen molar-refractivity contribution in [2.45, 2.75) is 32.9 Å². The monoisotopic (exact) mass is 563 g/mol. The lowest BCUT2D eigenvalue weighted by molar-refractivity contribution is -0.141. The van der Waals surface area contributed by atoms with Crippen molar-refractivity contribution >= 4 is 29.2 Å². The third-order valence-electron chi connectivity index (χ3n) is 6.88. The van der Waals surface area contributed by atoms with Gasteiger partial charge in [0, 0.05) is 36.2 Å². The number of oxazole rings is 1. The number of hydrogen-bond acceptors (Lipinski definition) is 6. The second-order valence-corrected chi connectivity index (χ2v) is 10.1. The van der Waals surface area contributed by atoms with Gasteiger partial charge < -0.3 is 20.0 Å². The molecule has 212 valence electrons. The summed E-state index contributed by atoms with van der Waals surface area (Å²) in [5.74, 6) is -1.98. The van der Waals surface area contributed by atoms with Gasteiger partial charge in [0.05, 0.1) is 0 Å². The summed E-state index contributed by atoms with van der Waals surface area (Å²) in [5, 5.41) is 5.30. The molecular weight excluding hydrogens is 535 g/mol. The van der Waals surface area contributed by atoms with Gasteiger partial charge in [0.2, 0.25) is 5.76 Å². The van der Waals surface area contributed by atoms with Gasteiger partial charge in [0.15, 0.2) is 5.69 Å². The van der Waals surface area contributed by atoms with Crippen molar-refractivity contribution in [1.29, 1.82) is 0 Å². The second-order valence-electron chi connectivity index (χ2n) is 10.1. The third kappa shape index (κ3) is 6.40. The zero-order chi connectivity index (χ0) is 29.1. The summed E-state index contributed by atoms with van der Waals surface area (Å²) < 4.78 is 46.5. The molecule has 2 aromatic heterocycles. The minimum absolute atomic E-state index is 0.201. The quantitative estimate of drug-likeness (QED) is 0.268. The van der Waals surface area contributed by atoms with Gasteiger partial charge in [-0.05, 0) is 61.1 Å². The molecule has 8 nitrogen and oxygen atoms in total. The molecule has 0 spiro atoms. The van der Waals surface area contributed by atoms with Crippen LogP contribution in [0.25, 0.3) is 11.1 Å². The Morgan fingerprint density at radius 1 is 0.976 bits per heavy atom. The number of piperidine rings is 1. The maximum Gasteiger partial charge on any atom is 0.437 e. The minimum Gasteiger partial charge on any atom is -0.417 e. The fourth-order valence-corrected chi connectivity index (χ4v) is 4.69. The Labute approximate surface area is 234 Å². The van der Waals surface area contributed by atoms with Crippen molar-refractivity contribution in [3.8, 4) is 11.1 Å². The van der Waals surface area contributed by atoms with Crippen LogP contribution in [0.15, 0.2) is 71.3 Å². The Morgan fingerprint density at radius 2 is 1.71 bits per heavy atom. The number of anilines is 3. The van der Waals surface area contributed by atoms with Crippen LogP contribution in [0.1, 0.15) is 52.1 Å². The summed E-state index contributed by atoms with van der Waals surface area (Å²) in [6.07, 6.45) is -1.53. The molecule has 5 rings (SSSR count). The molecule has 1 fully saturated rings. The second kappa shape index (κ2) is 11.4. The molecule has 1 saturated heterocycles. The number of halogens is 3. The number of hydrogen-bond donors (Lipinski definition) is 2. The molecular formula is C30H28F3N5O3. The molecule has 41 heavy (non-hydrogen) atoms. The number of aromatic nitrogens is 2. The summed E-state index contributed by atoms with van der Waals surface area (Å²) in [4.78, 5) is 34.9. The zero-order valence-electron chi connectivity index (χ0n) is 22.5. The molecule has 4 aromatic rings. The van der Waals surface area contributed by atoms with E-state index in [1.54, 1.807) is 47.5 Å². The van der Waals surface area contributed by atoms with Crippen LogP contribution < -0.4 is 15.5 Å². The van der Waals surface area contributed by atoms with E-state index in [9.17, 15) is 22.8 Å². The van der Waals surface area contributed by atoms with Crippen LogP contribution >= 0.6 is 0 Å². The molecule has 1 aliphatic heterocycles. The van der Waals surface area contributed by atoms with Gasteiger partial charge in [-0.1, -0.05) is 43.3 Å². The summed E-state index contributed by atoms with van der Waals surface area (Å²) in [5.41, 5.74) is 2.25. The van der Waals surface area contributed by atoms with Gasteiger partial charge in [-0.2, -0.15) is 18.2 Å². The number of carbonyl (C=O) groups excluding carboxylic acids is 2. The van der Waals surface area contributed by atoms with E-state index in [4.69, 9.17) is 4.42 Å². The molecule has 1 atom stereocenters. The predicted molar refractivity (Wildman–Crippen MR) is 149 cm³/mol. The predicted octanol–water partition coefficient (Wildman–Crippen LogP) is 6.80. The first kappa shape index (κ1) is 27.9. The molecule has 0 radical (unpaired) electrons. The van der Waals surface area contributed by atoms with Crippen LogP contribution in [0.5, 0.6) is 0 Å². The Bertz CT molecular complexity index is 1550. The lowest BCUT2D eigenvalue weighted by Crippen LogP contribution is -2.34. The largest absolute Gasteiger partial charge is 0.437 e. The Hall–Kier alpha value is -4.67. The van der Waals surface area contributed by atoms with E-state index in [0.29, 0.717) is 24.3 Å². The first-order valence-corrected chi connectivity index (χ1v) is 13.2. The van der Waals surface area contributed by atoms with E-state index < -0.39 is 23.5 Å². The standard InChI is InChI=1S/C30H28F3N5O3/c1-18-6-5-15-38(17-18)29-37-26(30(31,32)33)25(41-29)28(40)35-22-12-9-20(10-13-22)21-11-14-24(34-16-21)27(39)36-23-8-4-3-7-19(23)2/h3-4,7-14,16,18H,5-6,15,17H2,1-2H3,(H,35,40)(H,36,39). The van der Waals surface area contributed by atoms with Gasteiger partial charge in [-0.25, -0.2) is 0 Å². The normalized spacial score (nSPS) is 15.4. The van der Waals surface area contributed by atoms with E-state index in [-0.39, 0.29) is 29.2 Å². The Balaban J connectivity index is 1.27. The fourth-order valence-electron chi connectivity index (χ4n) is 4.69. The first-order chi connectivity index (χ1) is 19.6. The molecule has 0 aliphatic carbocycles. The molecule has 11 heteroatoms. The van der Waals surface area contributed by atoms with Crippen molar-refractivity contribution in [3.05, 3.63) is 89.6 Å². The molecule has 1 unspecified atom stereocenters. The van der Waals surface area contributed by atoms with E-state index in [0.717, 1.165) is 24.0 Å². The summed E-state index contributed by atoms with van der Waals surface area (Å²) in [6, 6.07) is 17.0. The number of carbonyl (C=O) groups is 2. The van der Waals surface area contributed by atoms with E-state index in [1.165, 1.54) is 0 Å². The van der Waals surface area contributed by atoms with Gasteiger partial charge in [-0.3, -0.25) is 14.6 Å². The average Bonchev–Trinajstić information content (AvgIpc) is 3.42. The molecule has 1 aliphatic rings. The maximum absolute atomic E-state index is 13.7. The van der Waals surface area contributed by atoms with Crippen molar-refractivity contribution in [2.24, 2.45) is 5.92 Å². The molecule has 2 N–H and O–H groups in total.